The van der Waals surface area contributed by atoms with Crippen LogP contribution in [0.15, 0.2) is 4.99 Å². The van der Waals surface area contributed by atoms with E-state index in [1.54, 1.807) is 6.92 Å². The standard InChI is InChI=1S/C24H41NO18/c1-3-10-14(31)20(17(34)22(40-10)41-18-11(6-27)39-21(35)16(33)15(18)32)43-24(23(36)37)4-8(28)12(25-7-38-2)19(42-24)13(30)9(29)5-26/h7-22,26-35H,3-6H2,1-2H3,(H,36,37). The molecule has 0 aromatic heterocycles. The van der Waals surface area contributed by atoms with Crippen LogP contribution in [0.4, 0.5) is 0 Å². The van der Waals surface area contributed by atoms with Gasteiger partial charge in [-0.25, -0.2) is 9.79 Å². The Hall–Kier alpha value is -1.66. The van der Waals surface area contributed by atoms with E-state index in [-0.39, 0.29) is 6.42 Å². The molecule has 0 bridgehead atoms. The molecule has 43 heavy (non-hydrogen) atoms. The summed E-state index contributed by atoms with van der Waals surface area (Å²) in [5.74, 6) is -4.77. The van der Waals surface area contributed by atoms with Gasteiger partial charge in [-0.15, -0.1) is 0 Å². The predicted molar refractivity (Wildman–Crippen MR) is 135 cm³/mol. The third-order valence-electron chi connectivity index (χ3n) is 7.62. The van der Waals surface area contributed by atoms with Crippen LogP contribution in [-0.2, 0) is 33.2 Å². The van der Waals surface area contributed by atoms with Crippen molar-refractivity contribution in [2.45, 2.75) is 117 Å². The number of carbonyl (C=O) groups is 1. The van der Waals surface area contributed by atoms with Crippen LogP contribution >= 0.6 is 0 Å². The summed E-state index contributed by atoms with van der Waals surface area (Å²) in [6.07, 6.45) is -24.8. The Bertz CT molecular complexity index is 927. The highest BCUT2D eigenvalue weighted by molar-refractivity contribution is 5.76. The van der Waals surface area contributed by atoms with E-state index >= 15 is 0 Å². The fourth-order valence-electron chi connectivity index (χ4n) is 5.23. The quantitative estimate of drug-likeness (QED) is 0.0705. The largest absolute Gasteiger partial charge is 0.487 e. The molecule has 0 radical (unpaired) electrons. The van der Waals surface area contributed by atoms with Gasteiger partial charge in [-0.1, -0.05) is 6.92 Å². The van der Waals surface area contributed by atoms with Crippen molar-refractivity contribution in [1.29, 1.82) is 0 Å². The summed E-state index contributed by atoms with van der Waals surface area (Å²) in [5.41, 5.74) is 0. The van der Waals surface area contributed by atoms with Crippen LogP contribution in [0.1, 0.15) is 19.8 Å². The Kier molecular flexibility index (Phi) is 12.6. The van der Waals surface area contributed by atoms with Gasteiger partial charge in [-0.2, -0.15) is 0 Å². The van der Waals surface area contributed by atoms with Gasteiger partial charge in [0.15, 0.2) is 19.0 Å². The summed E-state index contributed by atoms with van der Waals surface area (Å²) < 4.78 is 32.3. The Morgan fingerprint density at radius 3 is 2.23 bits per heavy atom. The van der Waals surface area contributed by atoms with Crippen molar-refractivity contribution in [2.24, 2.45) is 4.99 Å². The van der Waals surface area contributed by atoms with Gasteiger partial charge in [0.2, 0.25) is 0 Å². The lowest BCUT2D eigenvalue weighted by atomic mass is 9.88. The Morgan fingerprint density at radius 2 is 1.67 bits per heavy atom. The maximum Gasteiger partial charge on any atom is 0.364 e. The van der Waals surface area contributed by atoms with Crippen LogP contribution in [0.25, 0.3) is 0 Å². The molecule has 0 amide bonds. The fraction of sp³-hybridized carbons (Fsp3) is 0.917. The monoisotopic (exact) mass is 631 g/mol. The van der Waals surface area contributed by atoms with Crippen molar-refractivity contribution in [3.8, 4) is 0 Å². The number of carboxylic acid groups (broad SMARTS) is 1. The molecule has 19 heteroatoms. The fourth-order valence-corrected chi connectivity index (χ4v) is 5.23. The van der Waals surface area contributed by atoms with Crippen LogP contribution in [0.3, 0.4) is 0 Å². The number of hydrogen-bond acceptors (Lipinski definition) is 18. The lowest BCUT2D eigenvalue weighted by Crippen LogP contribution is -2.68. The minimum absolute atomic E-state index is 0.0451. The number of methoxy groups -OCH3 is 1. The summed E-state index contributed by atoms with van der Waals surface area (Å²) in [6, 6.07) is -1.43. The van der Waals surface area contributed by atoms with E-state index in [4.69, 9.17) is 28.4 Å². The van der Waals surface area contributed by atoms with Crippen molar-refractivity contribution < 1.29 is 89.4 Å². The highest BCUT2D eigenvalue weighted by Crippen LogP contribution is 2.39. The van der Waals surface area contributed by atoms with E-state index in [1.165, 1.54) is 7.11 Å². The molecular formula is C24H41NO18. The second-order valence-corrected chi connectivity index (χ2v) is 10.5. The molecule has 19 nitrogen and oxygen atoms in total. The molecule has 3 aliphatic rings. The van der Waals surface area contributed by atoms with Crippen molar-refractivity contribution >= 4 is 12.4 Å². The number of aliphatic hydroxyl groups is 10. The van der Waals surface area contributed by atoms with Gasteiger partial charge >= 0.3 is 5.97 Å². The van der Waals surface area contributed by atoms with E-state index in [9.17, 15) is 61.0 Å². The van der Waals surface area contributed by atoms with Gasteiger partial charge in [-0.05, 0) is 6.42 Å². The average molecular weight is 632 g/mol. The highest BCUT2D eigenvalue weighted by atomic mass is 16.8. The van der Waals surface area contributed by atoms with Gasteiger partial charge in [0.1, 0.15) is 67.1 Å². The smallest absolute Gasteiger partial charge is 0.364 e. The van der Waals surface area contributed by atoms with E-state index < -0.39 is 123 Å². The van der Waals surface area contributed by atoms with Crippen LogP contribution in [0, 0.1) is 0 Å². The number of nitrogens with zero attached hydrogens (tertiary/aromatic N) is 1. The Balaban J connectivity index is 1.94. The minimum Gasteiger partial charge on any atom is -0.487 e. The number of aliphatic imine (C=N–C) groups is 1. The topological polar surface area (TPSA) is 307 Å². The first-order chi connectivity index (χ1) is 20.3. The molecule has 0 aliphatic carbocycles. The summed E-state index contributed by atoms with van der Waals surface area (Å²) in [6.45, 7) is -0.230. The maximum absolute atomic E-state index is 12.6. The third kappa shape index (κ3) is 7.43. The summed E-state index contributed by atoms with van der Waals surface area (Å²) >= 11 is 0. The van der Waals surface area contributed by atoms with Crippen LogP contribution in [0.2, 0.25) is 0 Å². The van der Waals surface area contributed by atoms with E-state index in [0.29, 0.717) is 0 Å². The number of aliphatic hydroxyl groups excluding tert-OH is 10. The van der Waals surface area contributed by atoms with E-state index in [2.05, 4.69) is 4.99 Å². The Morgan fingerprint density at radius 1 is 1.00 bits per heavy atom. The van der Waals surface area contributed by atoms with Crippen LogP contribution in [-0.4, -0.2) is 187 Å². The van der Waals surface area contributed by atoms with Crippen molar-refractivity contribution in [3.63, 3.8) is 0 Å². The van der Waals surface area contributed by atoms with Crippen molar-refractivity contribution in [2.75, 3.05) is 20.3 Å². The molecule has 3 rings (SSSR count). The average Bonchev–Trinajstić information content (AvgIpc) is 2.98. The molecule has 250 valence electrons. The number of ether oxygens (including phenoxy) is 6. The summed E-state index contributed by atoms with van der Waals surface area (Å²) in [5, 5.41) is 113. The molecule has 0 aromatic carbocycles. The first kappa shape index (κ1) is 35.8. The van der Waals surface area contributed by atoms with Gasteiger partial charge < -0.3 is 84.6 Å². The second kappa shape index (κ2) is 15.1. The normalized spacial score (nSPS) is 45.5. The molecular weight excluding hydrogens is 590 g/mol. The van der Waals surface area contributed by atoms with Gasteiger partial charge in [0.25, 0.3) is 5.79 Å². The molecule has 3 fully saturated rings. The molecule has 3 heterocycles. The van der Waals surface area contributed by atoms with Crippen LogP contribution in [0.5, 0.6) is 0 Å². The maximum atomic E-state index is 12.6. The Labute approximate surface area is 245 Å². The third-order valence-corrected chi connectivity index (χ3v) is 7.62. The second-order valence-electron chi connectivity index (χ2n) is 10.5. The van der Waals surface area contributed by atoms with Crippen LogP contribution < -0.4 is 0 Å². The highest BCUT2D eigenvalue weighted by Gasteiger charge is 2.59. The zero-order valence-corrected chi connectivity index (χ0v) is 23.3. The SMILES string of the molecule is CCC1OC(OC2C(CO)OC(O)C(O)C2O)C(O)C(OC2(C(=O)O)CC(O)C(N=COC)C(C(O)C(O)CO)O2)C1O. The number of hydrogen-bond donors (Lipinski definition) is 11. The predicted octanol–water partition coefficient (Wildman–Crippen LogP) is -6.27. The molecule has 0 spiro atoms. The molecule has 16 atom stereocenters. The van der Waals surface area contributed by atoms with Crippen molar-refractivity contribution in [3.05, 3.63) is 0 Å². The molecule has 3 aliphatic heterocycles. The lowest BCUT2D eigenvalue weighted by Gasteiger charge is -2.50. The zero-order valence-electron chi connectivity index (χ0n) is 23.3. The molecule has 11 N–H and O–H groups in total. The summed E-state index contributed by atoms with van der Waals surface area (Å²) in [7, 11) is 1.22. The first-order valence-corrected chi connectivity index (χ1v) is 13.5. The number of carboxylic acids is 1. The van der Waals surface area contributed by atoms with Gasteiger partial charge in [0.05, 0.1) is 32.5 Å². The molecule has 0 saturated carbocycles. The van der Waals surface area contributed by atoms with E-state index in [0.717, 1.165) is 6.40 Å². The number of rotatable bonds is 12. The van der Waals surface area contributed by atoms with Gasteiger partial charge in [-0.3, -0.25) is 0 Å². The lowest BCUT2D eigenvalue weighted by molar-refractivity contribution is -0.383. The zero-order chi connectivity index (χ0) is 32.2. The molecule has 16 unspecified atom stereocenters. The minimum atomic E-state index is -2.90. The molecule has 0 aromatic rings. The molecule has 3 saturated heterocycles. The number of aliphatic carboxylic acids is 1. The van der Waals surface area contributed by atoms with E-state index in [1.807, 2.05) is 0 Å². The van der Waals surface area contributed by atoms with Crippen molar-refractivity contribution in [1.82, 2.24) is 0 Å². The first-order valence-electron chi connectivity index (χ1n) is 13.5. The summed E-state index contributed by atoms with van der Waals surface area (Å²) in [4.78, 5) is 16.5. The van der Waals surface area contributed by atoms with Gasteiger partial charge in [0, 0.05) is 6.42 Å².